The Hall–Kier alpha value is -3.24. The molecule has 3 aromatic carbocycles. The van der Waals surface area contributed by atoms with Gasteiger partial charge in [0.15, 0.2) is 0 Å². The highest BCUT2D eigenvalue weighted by Gasteiger charge is 2.31. The topological polar surface area (TPSA) is 66.5 Å². The van der Waals surface area contributed by atoms with E-state index in [1.54, 1.807) is 6.07 Å². The molecule has 0 unspecified atom stereocenters. The Morgan fingerprint density at radius 2 is 1.56 bits per heavy atom. The molecule has 3 aromatic rings. The van der Waals surface area contributed by atoms with Crippen LogP contribution in [0.1, 0.15) is 11.1 Å². The fourth-order valence-electron chi connectivity index (χ4n) is 2.89. The van der Waals surface area contributed by atoms with Crippen LogP contribution in [-0.2, 0) is 27.5 Å². The van der Waals surface area contributed by atoms with Gasteiger partial charge in [0.25, 0.3) is 0 Å². The van der Waals surface area contributed by atoms with Crippen LogP contribution in [0.2, 0.25) is 0 Å². The molecule has 0 fully saturated rings. The number of anilines is 1. The zero-order valence-corrected chi connectivity index (χ0v) is 17.3. The number of hydrogen-bond donors (Lipinski definition) is 1. The molecule has 0 radical (unpaired) electrons. The fraction of sp³-hybridized carbons (Fsp3) is 0.136. The minimum absolute atomic E-state index is 0.0611. The van der Waals surface area contributed by atoms with Crippen LogP contribution < -0.4 is 5.32 Å². The number of sulfonamides is 1. The predicted molar refractivity (Wildman–Crippen MR) is 111 cm³/mol. The van der Waals surface area contributed by atoms with Gasteiger partial charge in [0.05, 0.1) is 17.0 Å². The lowest BCUT2D eigenvalue weighted by molar-refractivity contribution is -0.137. The summed E-state index contributed by atoms with van der Waals surface area (Å²) in [6.07, 6.45) is -4.59. The van der Waals surface area contributed by atoms with Crippen molar-refractivity contribution in [3.63, 3.8) is 0 Å². The highest BCUT2D eigenvalue weighted by atomic mass is 32.2. The standard InChI is InChI=1S/C22H18F4N2O3S/c23-18-11-9-16(10-12-18)14-28(32(30,31)20-7-2-1-3-8-20)15-21(29)27-19-6-4-5-17(13-19)22(24,25)26/h1-13H,14-15H2,(H,27,29). The summed E-state index contributed by atoms with van der Waals surface area (Å²) in [4.78, 5) is 12.5. The Labute approximate surface area is 182 Å². The van der Waals surface area contributed by atoms with Crippen LogP contribution in [-0.4, -0.2) is 25.2 Å². The molecule has 0 saturated carbocycles. The maximum absolute atomic E-state index is 13.2. The first-order valence-corrected chi connectivity index (χ1v) is 10.8. The SMILES string of the molecule is O=C(CN(Cc1ccc(F)cc1)S(=O)(=O)c1ccccc1)Nc1cccc(C(F)(F)F)c1. The lowest BCUT2D eigenvalue weighted by Crippen LogP contribution is -2.37. The largest absolute Gasteiger partial charge is 0.416 e. The number of alkyl halides is 3. The molecular weight excluding hydrogens is 448 g/mol. The van der Waals surface area contributed by atoms with Gasteiger partial charge in [-0.15, -0.1) is 0 Å². The molecule has 1 amide bonds. The van der Waals surface area contributed by atoms with Crippen LogP contribution in [0.4, 0.5) is 23.2 Å². The summed E-state index contributed by atoms with van der Waals surface area (Å²) in [6, 6.07) is 16.5. The van der Waals surface area contributed by atoms with Gasteiger partial charge in [-0.25, -0.2) is 12.8 Å². The molecule has 0 spiro atoms. The lowest BCUT2D eigenvalue weighted by Gasteiger charge is -2.22. The highest BCUT2D eigenvalue weighted by molar-refractivity contribution is 7.89. The number of nitrogens with zero attached hydrogens (tertiary/aromatic N) is 1. The monoisotopic (exact) mass is 466 g/mol. The zero-order valence-electron chi connectivity index (χ0n) is 16.5. The number of halogens is 4. The Kier molecular flexibility index (Phi) is 6.95. The van der Waals surface area contributed by atoms with Crippen molar-refractivity contribution in [1.82, 2.24) is 4.31 Å². The van der Waals surface area contributed by atoms with E-state index < -0.39 is 40.0 Å². The number of nitrogens with one attached hydrogen (secondary N) is 1. The van der Waals surface area contributed by atoms with E-state index in [2.05, 4.69) is 5.32 Å². The first kappa shape index (κ1) is 23.4. The van der Waals surface area contributed by atoms with E-state index in [4.69, 9.17) is 0 Å². The normalized spacial score (nSPS) is 12.0. The number of rotatable bonds is 7. The Morgan fingerprint density at radius 1 is 0.906 bits per heavy atom. The summed E-state index contributed by atoms with van der Waals surface area (Å²) in [5.41, 5.74) is -0.642. The van der Waals surface area contributed by atoms with Crippen LogP contribution in [0.5, 0.6) is 0 Å². The van der Waals surface area contributed by atoms with Crippen molar-refractivity contribution in [2.24, 2.45) is 0 Å². The highest BCUT2D eigenvalue weighted by Crippen LogP contribution is 2.30. The molecule has 168 valence electrons. The van der Waals surface area contributed by atoms with Gasteiger partial charge in [0.1, 0.15) is 5.82 Å². The second-order valence-corrected chi connectivity index (χ2v) is 8.78. The molecule has 0 saturated heterocycles. The van der Waals surface area contributed by atoms with Crippen LogP contribution in [0.3, 0.4) is 0 Å². The smallest absolute Gasteiger partial charge is 0.325 e. The van der Waals surface area contributed by atoms with E-state index in [1.807, 2.05) is 0 Å². The zero-order chi connectivity index (χ0) is 23.4. The van der Waals surface area contributed by atoms with Gasteiger partial charge in [-0.05, 0) is 48.0 Å². The average Bonchev–Trinajstić information content (AvgIpc) is 2.75. The van der Waals surface area contributed by atoms with E-state index >= 15 is 0 Å². The van der Waals surface area contributed by atoms with Gasteiger partial charge in [0, 0.05) is 12.2 Å². The van der Waals surface area contributed by atoms with Crippen molar-refractivity contribution in [3.05, 3.63) is 95.8 Å². The summed E-state index contributed by atoms with van der Waals surface area (Å²) < 4.78 is 79.0. The van der Waals surface area contributed by atoms with Crippen LogP contribution in [0.25, 0.3) is 0 Å². The minimum Gasteiger partial charge on any atom is -0.325 e. The van der Waals surface area contributed by atoms with Gasteiger partial charge in [-0.3, -0.25) is 4.79 Å². The summed E-state index contributed by atoms with van der Waals surface area (Å²) in [5.74, 6) is -1.33. The first-order valence-electron chi connectivity index (χ1n) is 9.32. The molecule has 32 heavy (non-hydrogen) atoms. The van der Waals surface area contributed by atoms with Crippen molar-refractivity contribution in [3.8, 4) is 0 Å². The maximum atomic E-state index is 13.2. The lowest BCUT2D eigenvalue weighted by atomic mass is 10.2. The van der Waals surface area contributed by atoms with E-state index in [0.717, 1.165) is 34.6 Å². The van der Waals surface area contributed by atoms with Gasteiger partial charge >= 0.3 is 6.18 Å². The average molecular weight is 466 g/mol. The second-order valence-electron chi connectivity index (χ2n) is 6.84. The van der Waals surface area contributed by atoms with Gasteiger partial charge in [0.2, 0.25) is 15.9 Å². The Balaban J connectivity index is 1.85. The van der Waals surface area contributed by atoms with Gasteiger partial charge in [-0.2, -0.15) is 17.5 Å². The molecule has 0 atom stereocenters. The molecule has 0 bridgehead atoms. The fourth-order valence-corrected chi connectivity index (χ4v) is 4.30. The summed E-state index contributed by atoms with van der Waals surface area (Å²) >= 11 is 0. The van der Waals surface area contributed by atoms with E-state index in [1.165, 1.54) is 42.5 Å². The molecule has 5 nitrogen and oxygen atoms in total. The van der Waals surface area contributed by atoms with Crippen molar-refractivity contribution in [2.75, 3.05) is 11.9 Å². The maximum Gasteiger partial charge on any atom is 0.416 e. The molecule has 0 aromatic heterocycles. The third kappa shape index (κ3) is 5.92. The molecule has 0 aliphatic carbocycles. The summed E-state index contributed by atoms with van der Waals surface area (Å²) in [6.45, 7) is -0.904. The molecule has 3 rings (SSSR count). The number of hydrogen-bond acceptors (Lipinski definition) is 3. The van der Waals surface area contributed by atoms with Gasteiger partial charge in [-0.1, -0.05) is 36.4 Å². The van der Waals surface area contributed by atoms with Crippen LogP contribution in [0, 0.1) is 5.82 Å². The molecule has 0 aliphatic rings. The predicted octanol–water partition coefficient (Wildman–Crippen LogP) is 4.67. The van der Waals surface area contributed by atoms with E-state index in [9.17, 15) is 30.8 Å². The van der Waals surface area contributed by atoms with E-state index in [0.29, 0.717) is 5.56 Å². The molecule has 10 heteroatoms. The first-order chi connectivity index (χ1) is 15.1. The van der Waals surface area contributed by atoms with Crippen LogP contribution >= 0.6 is 0 Å². The van der Waals surface area contributed by atoms with Crippen molar-refractivity contribution in [1.29, 1.82) is 0 Å². The molecule has 1 N–H and O–H groups in total. The van der Waals surface area contributed by atoms with Gasteiger partial charge < -0.3 is 5.32 Å². The van der Waals surface area contributed by atoms with Crippen LogP contribution in [0.15, 0.2) is 83.8 Å². The number of carbonyl (C=O) groups is 1. The second kappa shape index (κ2) is 9.49. The number of benzene rings is 3. The molecule has 0 aliphatic heterocycles. The minimum atomic E-state index is -4.59. The molecule has 0 heterocycles. The number of amides is 1. The number of carbonyl (C=O) groups excluding carboxylic acids is 1. The molecular formula is C22H18F4N2O3S. The quantitative estimate of drug-likeness (QED) is 0.515. The van der Waals surface area contributed by atoms with Crippen molar-refractivity contribution in [2.45, 2.75) is 17.6 Å². The van der Waals surface area contributed by atoms with E-state index in [-0.39, 0.29) is 17.1 Å². The van der Waals surface area contributed by atoms with Crippen molar-refractivity contribution >= 4 is 21.6 Å². The summed E-state index contributed by atoms with van der Waals surface area (Å²) in [7, 11) is -4.13. The third-order valence-electron chi connectivity index (χ3n) is 4.45. The Morgan fingerprint density at radius 3 is 2.19 bits per heavy atom. The third-order valence-corrected chi connectivity index (χ3v) is 6.25. The Bertz CT molecular complexity index is 1180. The van der Waals surface area contributed by atoms with Crippen molar-refractivity contribution < 1.29 is 30.8 Å². The summed E-state index contributed by atoms with van der Waals surface area (Å²) in [5, 5.41) is 2.30.